The van der Waals surface area contributed by atoms with Crippen molar-refractivity contribution in [3.63, 3.8) is 0 Å². The Kier molecular flexibility index (Phi) is 6.55. The molecule has 0 radical (unpaired) electrons. The number of hydrogen-bond acceptors (Lipinski definition) is 1. The lowest BCUT2D eigenvalue weighted by Gasteiger charge is -2.07. The van der Waals surface area contributed by atoms with Crippen LogP contribution in [-0.2, 0) is 19.6 Å². The number of imidazole rings is 1. The molecule has 0 aliphatic carbocycles. The van der Waals surface area contributed by atoms with Gasteiger partial charge in [-0.2, -0.15) is 0 Å². The van der Waals surface area contributed by atoms with Crippen LogP contribution in [0.25, 0.3) is 32.8 Å². The third-order valence-corrected chi connectivity index (χ3v) is 7.86. The normalized spacial score (nSPS) is 11.6. The van der Waals surface area contributed by atoms with E-state index < -0.39 is 0 Å². The first-order valence-corrected chi connectivity index (χ1v) is 13.6. The summed E-state index contributed by atoms with van der Waals surface area (Å²) in [5, 5.41) is 2.67. The van der Waals surface area contributed by atoms with Gasteiger partial charge in [0.25, 0.3) is 0 Å². The highest BCUT2D eigenvalue weighted by Gasteiger charge is 2.20. The largest absolute Gasteiger partial charge is 0.340 e. The van der Waals surface area contributed by atoms with E-state index in [-0.39, 0.29) is 5.78 Å². The van der Waals surface area contributed by atoms with Crippen LogP contribution in [0.2, 0.25) is 0 Å². The van der Waals surface area contributed by atoms with Crippen LogP contribution < -0.4 is 4.57 Å². The molecule has 0 saturated carbocycles. The Morgan fingerprint density at radius 1 is 0.684 bits per heavy atom. The second kappa shape index (κ2) is 10.3. The van der Waals surface area contributed by atoms with Crippen molar-refractivity contribution in [2.45, 2.75) is 52.7 Å². The molecular weight excluding hydrogens is 466 g/mol. The zero-order valence-electron chi connectivity index (χ0n) is 22.2. The van der Waals surface area contributed by atoms with Crippen molar-refractivity contribution < 1.29 is 9.36 Å². The number of aryl methyl sites for hydroxylation is 4. The van der Waals surface area contributed by atoms with E-state index in [1.54, 1.807) is 0 Å². The highest BCUT2D eigenvalue weighted by atomic mass is 16.1. The molecule has 0 saturated heterocycles. The van der Waals surface area contributed by atoms with Crippen LogP contribution in [0.15, 0.2) is 97.3 Å². The van der Waals surface area contributed by atoms with Gasteiger partial charge in [0.15, 0.2) is 17.6 Å². The van der Waals surface area contributed by atoms with Crippen molar-refractivity contribution >= 4 is 38.6 Å². The molecule has 2 heterocycles. The molecule has 2 aromatic heterocycles. The minimum Gasteiger partial charge on any atom is -0.340 e. The lowest BCUT2D eigenvalue weighted by Crippen LogP contribution is -2.37. The second-order valence-corrected chi connectivity index (χ2v) is 10.4. The standard InChI is InChI=1S/C34H34N3O/c1-25-21-32-33(22-26(25)2)36(23-34(38)27-13-5-3-6-14-27)24-35(32)19-11-4-12-20-37-30-17-9-7-15-28(30)29-16-8-10-18-31(29)37/h3,5-10,13-18,21-22,24H,4,11-12,19-20,23H2,1-2H3/q+1. The topological polar surface area (TPSA) is 30.8 Å². The zero-order chi connectivity index (χ0) is 26.1. The Labute approximate surface area is 223 Å². The second-order valence-electron chi connectivity index (χ2n) is 10.4. The number of Topliss-reactive ketones (excluding diaryl/α,β-unsaturated/α-hetero) is 1. The summed E-state index contributed by atoms with van der Waals surface area (Å²) in [6, 6.07) is 31.5. The van der Waals surface area contributed by atoms with E-state index in [1.165, 1.54) is 38.4 Å². The van der Waals surface area contributed by atoms with Crippen molar-refractivity contribution in [2.24, 2.45) is 0 Å². The first-order valence-electron chi connectivity index (χ1n) is 13.6. The minimum atomic E-state index is 0.138. The first kappa shape index (κ1) is 24.2. The Bertz CT molecular complexity index is 1700. The number of unbranched alkanes of at least 4 members (excludes halogenated alkanes) is 2. The average Bonchev–Trinajstić information content (AvgIpc) is 3.44. The number of ketones is 1. The number of hydrogen-bond donors (Lipinski definition) is 0. The summed E-state index contributed by atoms with van der Waals surface area (Å²) in [6.07, 6.45) is 5.51. The number of carbonyl (C=O) groups is 1. The molecule has 38 heavy (non-hydrogen) atoms. The first-order chi connectivity index (χ1) is 18.6. The smallest absolute Gasteiger partial charge is 0.245 e. The van der Waals surface area contributed by atoms with Gasteiger partial charge in [-0.1, -0.05) is 66.7 Å². The van der Waals surface area contributed by atoms with Crippen molar-refractivity contribution in [1.29, 1.82) is 0 Å². The maximum Gasteiger partial charge on any atom is 0.245 e. The molecular formula is C34H34N3O+. The van der Waals surface area contributed by atoms with Gasteiger partial charge in [-0.3, -0.25) is 4.79 Å². The molecule has 0 spiro atoms. The Balaban J connectivity index is 1.17. The average molecular weight is 501 g/mol. The van der Waals surface area contributed by atoms with Crippen LogP contribution >= 0.6 is 0 Å². The third-order valence-electron chi connectivity index (χ3n) is 7.86. The molecule has 4 heteroatoms. The van der Waals surface area contributed by atoms with Gasteiger partial charge in [-0.15, -0.1) is 0 Å². The maximum absolute atomic E-state index is 13.0. The highest BCUT2D eigenvalue weighted by Crippen LogP contribution is 2.29. The van der Waals surface area contributed by atoms with Crippen molar-refractivity contribution in [3.05, 3.63) is 114 Å². The van der Waals surface area contributed by atoms with Gasteiger partial charge in [0.1, 0.15) is 0 Å². The third kappa shape index (κ3) is 4.51. The molecule has 6 aromatic rings. The van der Waals surface area contributed by atoms with Gasteiger partial charge in [0.05, 0.1) is 6.54 Å². The lowest BCUT2D eigenvalue weighted by atomic mass is 10.1. The molecule has 0 amide bonds. The van der Waals surface area contributed by atoms with E-state index in [4.69, 9.17) is 0 Å². The van der Waals surface area contributed by atoms with Gasteiger partial charge < -0.3 is 4.57 Å². The summed E-state index contributed by atoms with van der Waals surface area (Å²) in [4.78, 5) is 13.0. The molecule has 0 unspecified atom stereocenters. The van der Waals surface area contributed by atoms with Crippen molar-refractivity contribution in [1.82, 2.24) is 9.13 Å². The Morgan fingerprint density at radius 3 is 2.00 bits per heavy atom. The van der Waals surface area contributed by atoms with Crippen LogP contribution in [0.3, 0.4) is 0 Å². The van der Waals surface area contributed by atoms with Crippen LogP contribution in [0, 0.1) is 13.8 Å². The van der Waals surface area contributed by atoms with Crippen LogP contribution in [0.4, 0.5) is 0 Å². The summed E-state index contributed by atoms with van der Waals surface area (Å²) in [5.41, 5.74) is 8.26. The Hall–Kier alpha value is -4.18. The summed E-state index contributed by atoms with van der Waals surface area (Å²) in [6.45, 7) is 6.62. The molecule has 0 aliphatic rings. The summed E-state index contributed by atoms with van der Waals surface area (Å²) in [7, 11) is 0. The van der Waals surface area contributed by atoms with E-state index in [2.05, 4.69) is 94.5 Å². The quantitative estimate of drug-likeness (QED) is 0.116. The zero-order valence-corrected chi connectivity index (χ0v) is 22.2. The SMILES string of the molecule is Cc1cc2c(cc1C)[n+](CC(=O)c1ccccc1)cn2CCCCCn1c2ccccc2c2ccccc21. The molecule has 0 aliphatic heterocycles. The predicted octanol–water partition coefficient (Wildman–Crippen LogP) is 7.41. The van der Waals surface area contributed by atoms with Gasteiger partial charge >= 0.3 is 0 Å². The number of fused-ring (bicyclic) bond motifs is 4. The molecule has 0 atom stereocenters. The minimum absolute atomic E-state index is 0.138. The van der Waals surface area contributed by atoms with E-state index in [9.17, 15) is 4.79 Å². The molecule has 6 rings (SSSR count). The van der Waals surface area contributed by atoms with E-state index in [0.717, 1.165) is 43.4 Å². The Morgan fingerprint density at radius 2 is 1.29 bits per heavy atom. The fraction of sp³-hybridized carbons (Fsp3) is 0.235. The van der Waals surface area contributed by atoms with Gasteiger partial charge in [-0.05, 0) is 68.5 Å². The summed E-state index contributed by atoms with van der Waals surface area (Å²) >= 11 is 0. The van der Waals surface area contributed by atoms with E-state index in [0.29, 0.717) is 6.54 Å². The van der Waals surface area contributed by atoms with Crippen LogP contribution in [0.5, 0.6) is 0 Å². The number of benzene rings is 4. The number of para-hydroxylation sites is 2. The fourth-order valence-electron chi connectivity index (χ4n) is 5.69. The number of nitrogens with zero attached hydrogens (tertiary/aromatic N) is 3. The van der Waals surface area contributed by atoms with Crippen LogP contribution in [0.1, 0.15) is 40.7 Å². The molecule has 190 valence electrons. The summed E-state index contributed by atoms with van der Waals surface area (Å²) in [5.74, 6) is 0.138. The fourth-order valence-corrected chi connectivity index (χ4v) is 5.69. The predicted molar refractivity (Wildman–Crippen MR) is 156 cm³/mol. The van der Waals surface area contributed by atoms with Gasteiger partial charge in [0, 0.05) is 33.9 Å². The van der Waals surface area contributed by atoms with Crippen molar-refractivity contribution in [2.75, 3.05) is 0 Å². The molecule has 0 N–H and O–H groups in total. The monoisotopic (exact) mass is 500 g/mol. The number of carbonyl (C=O) groups excluding carboxylic acids is 1. The van der Waals surface area contributed by atoms with Crippen molar-refractivity contribution in [3.8, 4) is 0 Å². The van der Waals surface area contributed by atoms with E-state index >= 15 is 0 Å². The van der Waals surface area contributed by atoms with Gasteiger partial charge in [0.2, 0.25) is 12.1 Å². The van der Waals surface area contributed by atoms with Gasteiger partial charge in [-0.25, -0.2) is 9.13 Å². The van der Waals surface area contributed by atoms with Crippen LogP contribution in [-0.4, -0.2) is 14.9 Å². The molecule has 4 aromatic carbocycles. The number of rotatable bonds is 9. The lowest BCUT2D eigenvalue weighted by molar-refractivity contribution is -0.658. The maximum atomic E-state index is 13.0. The molecule has 0 fully saturated rings. The van der Waals surface area contributed by atoms with E-state index in [1.807, 2.05) is 30.3 Å². The number of aromatic nitrogens is 3. The summed E-state index contributed by atoms with van der Waals surface area (Å²) < 4.78 is 6.93. The molecule has 0 bridgehead atoms. The molecule has 4 nitrogen and oxygen atoms in total. The highest BCUT2D eigenvalue weighted by molar-refractivity contribution is 6.07.